The molecule has 0 aliphatic heterocycles. The molecule has 29 heavy (non-hydrogen) atoms. The molecule has 0 saturated heterocycles. The van der Waals surface area contributed by atoms with Crippen molar-refractivity contribution >= 4 is 17.2 Å². The Hall–Kier alpha value is -2.72. The van der Waals surface area contributed by atoms with E-state index in [1.807, 2.05) is 5.38 Å². The second-order valence-electron chi connectivity index (χ2n) is 6.27. The Balaban J connectivity index is 2.00. The van der Waals surface area contributed by atoms with Crippen molar-refractivity contribution in [2.24, 2.45) is 0 Å². The predicted molar refractivity (Wildman–Crippen MR) is 103 cm³/mol. The van der Waals surface area contributed by atoms with E-state index in [1.54, 1.807) is 26.3 Å². The Morgan fingerprint density at radius 1 is 1.28 bits per heavy atom. The van der Waals surface area contributed by atoms with E-state index in [0.29, 0.717) is 30.3 Å². The molecule has 0 radical (unpaired) electrons. The molecular formula is C19H19F3N4O2S. The Bertz CT molecular complexity index is 970. The van der Waals surface area contributed by atoms with Gasteiger partial charge in [-0.05, 0) is 36.1 Å². The number of carbonyl (C=O) groups excluding carboxylic acids is 1. The van der Waals surface area contributed by atoms with Crippen molar-refractivity contribution in [2.45, 2.75) is 12.6 Å². The zero-order valence-electron chi connectivity index (χ0n) is 15.8. The lowest BCUT2D eigenvalue weighted by molar-refractivity contribution is -0.137. The summed E-state index contributed by atoms with van der Waals surface area (Å²) < 4.78 is 45.6. The first-order chi connectivity index (χ1) is 13.8. The Kier molecular flexibility index (Phi) is 6.33. The van der Waals surface area contributed by atoms with Gasteiger partial charge in [-0.25, -0.2) is 9.67 Å². The number of methoxy groups -OCH3 is 1. The van der Waals surface area contributed by atoms with Gasteiger partial charge in [0, 0.05) is 27.3 Å². The average Bonchev–Trinajstić information content (AvgIpc) is 3.36. The molecule has 154 valence electrons. The molecule has 10 heteroatoms. The second-order valence-corrected chi connectivity index (χ2v) is 7.22. The van der Waals surface area contributed by atoms with Gasteiger partial charge in [0.2, 0.25) is 5.82 Å². The number of ether oxygens (including phenoxy) is 1. The highest BCUT2D eigenvalue weighted by atomic mass is 32.1. The summed E-state index contributed by atoms with van der Waals surface area (Å²) in [5.74, 6) is -0.177. The molecule has 0 spiro atoms. The molecule has 0 fully saturated rings. The van der Waals surface area contributed by atoms with Crippen LogP contribution in [0.3, 0.4) is 0 Å². The summed E-state index contributed by atoms with van der Waals surface area (Å²) in [4.78, 5) is 19.2. The number of thiophene rings is 1. The van der Waals surface area contributed by atoms with E-state index in [1.165, 1.54) is 33.1 Å². The number of alkyl halides is 3. The minimum Gasteiger partial charge on any atom is -0.385 e. The van der Waals surface area contributed by atoms with Gasteiger partial charge in [0.25, 0.3) is 5.91 Å². The lowest BCUT2D eigenvalue weighted by atomic mass is 10.2. The zero-order valence-corrected chi connectivity index (χ0v) is 16.6. The minimum absolute atomic E-state index is 0.0780. The first kappa shape index (κ1) is 21.0. The lowest BCUT2D eigenvalue weighted by Crippen LogP contribution is -2.29. The maximum atomic E-state index is 13.1. The number of hydrogen-bond donors (Lipinski definition) is 0. The number of nitrogens with zero attached hydrogens (tertiary/aromatic N) is 4. The van der Waals surface area contributed by atoms with Crippen molar-refractivity contribution in [3.05, 3.63) is 53.2 Å². The molecule has 0 bridgehead atoms. The van der Waals surface area contributed by atoms with E-state index in [4.69, 9.17) is 4.74 Å². The highest BCUT2D eigenvalue weighted by Gasteiger charge is 2.31. The molecule has 0 saturated carbocycles. The van der Waals surface area contributed by atoms with E-state index in [-0.39, 0.29) is 11.5 Å². The van der Waals surface area contributed by atoms with Gasteiger partial charge in [0.1, 0.15) is 0 Å². The third kappa shape index (κ3) is 4.83. The van der Waals surface area contributed by atoms with Crippen molar-refractivity contribution in [1.82, 2.24) is 19.7 Å². The summed E-state index contributed by atoms with van der Waals surface area (Å²) in [5.41, 5.74) is -0.621. The Morgan fingerprint density at radius 2 is 2.07 bits per heavy atom. The van der Waals surface area contributed by atoms with E-state index in [2.05, 4.69) is 10.1 Å². The predicted octanol–water partition coefficient (Wildman–Crippen LogP) is 4.12. The third-order valence-electron chi connectivity index (χ3n) is 4.15. The van der Waals surface area contributed by atoms with Crippen molar-refractivity contribution < 1.29 is 22.7 Å². The lowest BCUT2D eigenvalue weighted by Gasteiger charge is -2.14. The zero-order chi connectivity index (χ0) is 21.0. The molecule has 3 rings (SSSR count). The van der Waals surface area contributed by atoms with E-state index in [9.17, 15) is 18.0 Å². The van der Waals surface area contributed by atoms with Crippen molar-refractivity contribution in [3.8, 4) is 16.4 Å². The van der Waals surface area contributed by atoms with Gasteiger partial charge in [0.05, 0.1) is 16.1 Å². The first-order valence-electron chi connectivity index (χ1n) is 8.74. The minimum atomic E-state index is -4.49. The van der Waals surface area contributed by atoms with Gasteiger partial charge in [-0.2, -0.15) is 13.2 Å². The fraction of sp³-hybridized carbons (Fsp3) is 0.316. The highest BCUT2D eigenvalue weighted by Crippen LogP contribution is 2.32. The molecule has 0 aliphatic rings. The number of aromatic nitrogens is 3. The molecule has 3 aromatic rings. The quantitative estimate of drug-likeness (QED) is 0.536. The summed E-state index contributed by atoms with van der Waals surface area (Å²) in [6.45, 7) is 0.948. The van der Waals surface area contributed by atoms with Crippen LogP contribution in [0.5, 0.6) is 0 Å². The van der Waals surface area contributed by atoms with Crippen LogP contribution in [0.25, 0.3) is 16.4 Å². The van der Waals surface area contributed by atoms with Crippen LogP contribution >= 0.6 is 11.3 Å². The summed E-state index contributed by atoms with van der Waals surface area (Å²) >= 11 is 1.36. The van der Waals surface area contributed by atoms with Crippen molar-refractivity contribution in [1.29, 1.82) is 0 Å². The van der Waals surface area contributed by atoms with Crippen LogP contribution in [0.15, 0.2) is 41.8 Å². The number of carbonyl (C=O) groups is 1. The normalized spacial score (nSPS) is 11.6. The molecule has 1 amide bonds. The van der Waals surface area contributed by atoms with Crippen LogP contribution in [0.4, 0.5) is 13.2 Å². The van der Waals surface area contributed by atoms with Crippen molar-refractivity contribution in [2.75, 3.05) is 27.3 Å². The van der Waals surface area contributed by atoms with Gasteiger partial charge in [-0.3, -0.25) is 4.79 Å². The molecule has 6 nitrogen and oxygen atoms in total. The average molecular weight is 424 g/mol. The van der Waals surface area contributed by atoms with Crippen LogP contribution in [0.2, 0.25) is 0 Å². The fourth-order valence-electron chi connectivity index (χ4n) is 2.68. The topological polar surface area (TPSA) is 60.2 Å². The van der Waals surface area contributed by atoms with Crippen LogP contribution in [-0.2, 0) is 10.9 Å². The number of halogens is 3. The number of rotatable bonds is 7. The molecule has 0 N–H and O–H groups in total. The molecule has 2 aromatic heterocycles. The smallest absolute Gasteiger partial charge is 0.385 e. The molecule has 1 aromatic carbocycles. The van der Waals surface area contributed by atoms with Gasteiger partial charge in [0.15, 0.2) is 5.82 Å². The van der Waals surface area contributed by atoms with Crippen LogP contribution in [0, 0.1) is 0 Å². The van der Waals surface area contributed by atoms with Gasteiger partial charge < -0.3 is 9.64 Å². The van der Waals surface area contributed by atoms with Gasteiger partial charge >= 0.3 is 6.18 Å². The SMILES string of the molecule is COCCCN(C)C(=O)c1nc(-c2cccs2)n(-c2cccc(C(F)(F)F)c2)n1. The summed E-state index contributed by atoms with van der Waals surface area (Å²) in [5, 5.41) is 6.05. The maximum absolute atomic E-state index is 13.1. The van der Waals surface area contributed by atoms with E-state index < -0.39 is 17.6 Å². The molecule has 0 unspecified atom stereocenters. The molecule has 0 atom stereocenters. The van der Waals surface area contributed by atoms with Gasteiger partial charge in [-0.1, -0.05) is 12.1 Å². The monoisotopic (exact) mass is 424 g/mol. The number of benzene rings is 1. The Labute approximate surface area is 169 Å². The number of amides is 1. The van der Waals surface area contributed by atoms with Crippen LogP contribution < -0.4 is 0 Å². The second kappa shape index (κ2) is 8.75. The van der Waals surface area contributed by atoms with E-state index >= 15 is 0 Å². The van der Waals surface area contributed by atoms with Gasteiger partial charge in [-0.15, -0.1) is 16.4 Å². The fourth-order valence-corrected chi connectivity index (χ4v) is 3.38. The third-order valence-corrected chi connectivity index (χ3v) is 5.01. The highest BCUT2D eigenvalue weighted by molar-refractivity contribution is 7.13. The van der Waals surface area contributed by atoms with Crippen molar-refractivity contribution in [3.63, 3.8) is 0 Å². The number of hydrogen-bond acceptors (Lipinski definition) is 5. The summed E-state index contributed by atoms with van der Waals surface area (Å²) in [6, 6.07) is 8.34. The van der Waals surface area contributed by atoms with Crippen LogP contribution in [-0.4, -0.2) is 52.9 Å². The Morgan fingerprint density at radius 3 is 2.72 bits per heavy atom. The largest absolute Gasteiger partial charge is 0.416 e. The molecular weight excluding hydrogens is 405 g/mol. The summed E-state index contributed by atoms with van der Waals surface area (Å²) in [7, 11) is 3.20. The standard InChI is InChI=1S/C19H19F3N4O2S/c1-25(9-5-10-28-2)18(27)16-23-17(15-8-4-11-29-15)26(24-16)14-7-3-6-13(12-14)19(20,21)22/h3-4,6-8,11-12H,5,9-10H2,1-2H3. The van der Waals surface area contributed by atoms with E-state index in [0.717, 1.165) is 12.1 Å². The molecule has 0 aliphatic carbocycles. The molecule has 2 heterocycles. The first-order valence-corrected chi connectivity index (χ1v) is 9.62. The summed E-state index contributed by atoms with van der Waals surface area (Å²) in [6.07, 6.45) is -3.84. The van der Waals surface area contributed by atoms with Crippen LogP contribution in [0.1, 0.15) is 22.6 Å². The maximum Gasteiger partial charge on any atom is 0.416 e.